The van der Waals surface area contributed by atoms with Crippen LogP contribution in [-0.4, -0.2) is 73.8 Å². The van der Waals surface area contributed by atoms with Crippen molar-refractivity contribution in [2.45, 2.75) is 14.7 Å². The minimum Gasteiger partial charge on any atom is -0.493 e. The Morgan fingerprint density at radius 1 is 0.466 bits per heavy atom. The highest BCUT2D eigenvalue weighted by Gasteiger charge is 2.18. The first-order valence-electron chi connectivity index (χ1n) is 20.8. The lowest BCUT2D eigenvalue weighted by atomic mass is 10.2. The minimum absolute atomic E-state index is 0.00746. The van der Waals surface area contributed by atoms with Gasteiger partial charge in [0.1, 0.15) is 0 Å². The molecule has 0 unspecified atom stereocenters. The normalized spacial score (nSPS) is 10.8. The van der Waals surface area contributed by atoms with Crippen LogP contribution in [0.2, 0.25) is 0 Å². The van der Waals surface area contributed by atoms with Crippen LogP contribution in [0.5, 0.6) is 34.5 Å². The summed E-state index contributed by atoms with van der Waals surface area (Å²) in [6.07, 6.45) is 0. The smallest absolute Gasteiger partial charge is 0.261 e. The van der Waals surface area contributed by atoms with Crippen molar-refractivity contribution in [3.8, 4) is 34.5 Å². The summed E-state index contributed by atoms with van der Waals surface area (Å²) in [5, 5.41) is 2.69. The zero-order valence-corrected chi connectivity index (χ0v) is 47.3. The van der Waals surface area contributed by atoms with Gasteiger partial charge in [-0.1, -0.05) is 12.1 Å². The summed E-state index contributed by atoms with van der Waals surface area (Å²) in [6.45, 7) is 0. The fraction of sp³-hybridized carbons (Fsp3) is 0.122. The molecule has 0 aliphatic carbocycles. The van der Waals surface area contributed by atoms with Crippen molar-refractivity contribution in [3.05, 3.63) is 164 Å². The van der Waals surface area contributed by atoms with Gasteiger partial charge in [0.2, 0.25) is 0 Å². The number of benzene rings is 7. The van der Waals surface area contributed by atoms with Crippen LogP contribution < -0.4 is 54.6 Å². The Labute approximate surface area is 456 Å². The van der Waals surface area contributed by atoms with Crippen LogP contribution in [0.1, 0.15) is 10.4 Å². The van der Waals surface area contributed by atoms with Crippen molar-refractivity contribution in [1.82, 2.24) is 0 Å². The van der Waals surface area contributed by atoms with Gasteiger partial charge in [-0.15, -0.1) is 0 Å². The number of halogens is 3. The molecule has 18 nitrogen and oxygen atoms in total. The van der Waals surface area contributed by atoms with E-state index in [0.29, 0.717) is 68.5 Å². The number of ether oxygens (including phenoxy) is 6. The Morgan fingerprint density at radius 3 is 1.23 bits per heavy atom. The highest BCUT2D eigenvalue weighted by atomic mass is 127. The van der Waals surface area contributed by atoms with Crippen molar-refractivity contribution in [2.24, 2.45) is 0 Å². The molecule has 0 aliphatic heterocycles. The summed E-state index contributed by atoms with van der Waals surface area (Å²) < 4.78 is 109. The van der Waals surface area contributed by atoms with Crippen LogP contribution in [0.4, 0.5) is 28.4 Å². The van der Waals surface area contributed by atoms with Gasteiger partial charge in [-0.25, -0.2) is 25.3 Å². The number of hydrogen-bond acceptors (Lipinski definition) is 15. The minimum atomic E-state index is -3.86. The van der Waals surface area contributed by atoms with Crippen molar-refractivity contribution in [2.75, 3.05) is 68.9 Å². The maximum Gasteiger partial charge on any atom is 0.261 e. The zero-order valence-electron chi connectivity index (χ0n) is 39.8. The fourth-order valence-electron chi connectivity index (χ4n) is 5.88. The lowest BCUT2D eigenvalue weighted by Crippen LogP contribution is -2.15. The van der Waals surface area contributed by atoms with Gasteiger partial charge < -0.3 is 45.2 Å². The molecule has 1 amide bonds. The summed E-state index contributed by atoms with van der Waals surface area (Å²) in [5.41, 5.74) is 13.9. The highest BCUT2D eigenvalue weighted by molar-refractivity contribution is 14.1. The van der Waals surface area contributed by atoms with Gasteiger partial charge in [0.25, 0.3) is 35.0 Å². The average Bonchev–Trinajstić information content (AvgIpc) is 3.37. The summed E-state index contributed by atoms with van der Waals surface area (Å²) in [7, 11) is 3.18. The molecule has 7 rings (SSSR count). The number of carbonyl (C=O) groups is 1. The third-order valence-electron chi connectivity index (χ3n) is 9.53. The molecule has 24 heteroatoms. The molecule has 7 aromatic rings. The number of methoxy groups -OCH3 is 6. The molecule has 0 bridgehead atoms. The van der Waals surface area contributed by atoms with E-state index in [1.54, 1.807) is 123 Å². The first-order valence-corrected chi connectivity index (χ1v) is 28.2. The SMILES string of the molecule is COc1ccc(N)cc1OC.COc1ccc(NS(=O)(=O)c2ccc(C(=O)Nc3ccccc3N)cc2)cc1OC.COc1ccc(NS(=O)(=O)c2ccc(I)cc2)cc1OC.O=S(=O)(Cl)c1ccc(I)cc1. The average molecular weight is 1300 g/mol. The lowest BCUT2D eigenvalue weighted by molar-refractivity contribution is 0.102. The van der Waals surface area contributed by atoms with Gasteiger partial charge in [-0.3, -0.25) is 14.2 Å². The molecule has 0 saturated heterocycles. The predicted molar refractivity (Wildman–Crippen MR) is 301 cm³/mol. The number of rotatable bonds is 15. The van der Waals surface area contributed by atoms with E-state index in [1.165, 1.54) is 70.9 Å². The second kappa shape index (κ2) is 27.6. The number of nitrogens with one attached hydrogen (secondary N) is 3. The van der Waals surface area contributed by atoms with Crippen LogP contribution >= 0.6 is 55.9 Å². The quantitative estimate of drug-likeness (QED) is 0.0363. The molecule has 0 saturated carbocycles. The largest absolute Gasteiger partial charge is 0.493 e. The summed E-state index contributed by atoms with van der Waals surface area (Å²) in [5.74, 6) is 2.83. The number of para-hydroxylation sites is 2. The Balaban J connectivity index is 0.000000231. The first-order chi connectivity index (χ1) is 34.6. The van der Waals surface area contributed by atoms with Gasteiger partial charge in [-0.2, -0.15) is 0 Å². The van der Waals surface area contributed by atoms with Crippen molar-refractivity contribution in [3.63, 3.8) is 0 Å². The maximum absolute atomic E-state index is 12.7. The summed E-state index contributed by atoms with van der Waals surface area (Å²) in [6, 6.07) is 40.1. The molecular weight excluding hydrogens is 1250 g/mol. The van der Waals surface area contributed by atoms with E-state index in [2.05, 4.69) is 59.9 Å². The van der Waals surface area contributed by atoms with Crippen LogP contribution in [0, 0.1) is 7.14 Å². The Hall–Kier alpha value is -6.39. The Bertz CT molecular complexity index is 3310. The number of nitrogens with two attached hydrogens (primary N) is 2. The molecule has 0 radical (unpaired) electrons. The topological polar surface area (TPSA) is 263 Å². The molecule has 0 heterocycles. The molecule has 0 aromatic heterocycles. The van der Waals surface area contributed by atoms with E-state index in [0.717, 1.165) is 7.14 Å². The van der Waals surface area contributed by atoms with Gasteiger partial charge in [0, 0.05) is 47.3 Å². The van der Waals surface area contributed by atoms with Crippen LogP contribution in [0.15, 0.2) is 166 Å². The molecule has 0 atom stereocenters. The number of carbonyl (C=O) groups excluding carboxylic acids is 1. The zero-order chi connectivity index (χ0) is 53.9. The van der Waals surface area contributed by atoms with Crippen molar-refractivity contribution < 1.29 is 58.5 Å². The third-order valence-corrected chi connectivity index (χ3v) is 15.1. The third kappa shape index (κ3) is 18.0. The van der Waals surface area contributed by atoms with Gasteiger partial charge in [0.15, 0.2) is 34.5 Å². The second-order valence-electron chi connectivity index (χ2n) is 14.4. The number of sulfonamides is 2. The number of nitrogen functional groups attached to an aromatic ring is 2. The van der Waals surface area contributed by atoms with E-state index in [9.17, 15) is 30.0 Å². The van der Waals surface area contributed by atoms with Crippen molar-refractivity contribution in [1.29, 1.82) is 0 Å². The molecular formula is C49H50ClI2N5O13S3. The van der Waals surface area contributed by atoms with Crippen LogP contribution in [-0.2, 0) is 29.1 Å². The molecule has 0 spiro atoms. The van der Waals surface area contributed by atoms with E-state index in [1.807, 2.05) is 0 Å². The van der Waals surface area contributed by atoms with Crippen molar-refractivity contribution >= 4 is 119 Å². The van der Waals surface area contributed by atoms with Gasteiger partial charge >= 0.3 is 0 Å². The highest BCUT2D eigenvalue weighted by Crippen LogP contribution is 2.33. The van der Waals surface area contributed by atoms with E-state index in [-0.39, 0.29) is 14.7 Å². The van der Waals surface area contributed by atoms with E-state index >= 15 is 0 Å². The number of amides is 1. The molecule has 388 valence electrons. The lowest BCUT2D eigenvalue weighted by Gasteiger charge is -2.12. The van der Waals surface area contributed by atoms with Gasteiger partial charge in [-0.05, 0) is 167 Å². The van der Waals surface area contributed by atoms with Gasteiger partial charge in [0.05, 0.1) is 80.1 Å². The van der Waals surface area contributed by atoms with Crippen LogP contribution in [0.3, 0.4) is 0 Å². The summed E-state index contributed by atoms with van der Waals surface area (Å²) >= 11 is 4.21. The predicted octanol–water partition coefficient (Wildman–Crippen LogP) is 9.95. The summed E-state index contributed by atoms with van der Waals surface area (Å²) in [4.78, 5) is 12.7. The Morgan fingerprint density at radius 2 is 0.836 bits per heavy atom. The van der Waals surface area contributed by atoms with E-state index in [4.69, 9.17) is 50.6 Å². The van der Waals surface area contributed by atoms with Crippen LogP contribution in [0.25, 0.3) is 0 Å². The molecule has 7 aromatic carbocycles. The second-order valence-corrected chi connectivity index (χ2v) is 22.8. The fourth-order valence-corrected chi connectivity index (χ4v) is 9.47. The molecule has 73 heavy (non-hydrogen) atoms. The Kier molecular flexibility index (Phi) is 22.4. The standard InChI is InChI=1S/C21H21N3O5S.C14H14INO4S.C8H11NO2.C6H4ClIO2S/c1-28-19-12-9-15(13-20(19)29-2)24-30(26,27)16-10-7-14(8-11-16)21(25)23-18-6-4-3-5-17(18)22;1-19-13-8-5-11(9-14(13)20-2)16-21(17,18)12-6-3-10(15)4-7-12;1-10-7-4-3-6(9)5-8(7)11-2;7-11(9,10)6-3-1-5(8)2-4-6/h3-13,24H,22H2,1-2H3,(H,23,25);3-9,16H,1-2H3;3-5H,9H2,1-2H3;1-4H. The molecule has 0 aliphatic rings. The monoisotopic (exact) mass is 1300 g/mol. The van der Waals surface area contributed by atoms with E-state index < -0.39 is 35.0 Å². The number of hydrogen-bond donors (Lipinski definition) is 5. The number of anilines is 5. The molecule has 7 N–H and O–H groups in total. The maximum atomic E-state index is 12.7. The first kappa shape index (κ1) is 59.2. The molecule has 0 fully saturated rings.